The van der Waals surface area contributed by atoms with E-state index in [0.29, 0.717) is 18.8 Å². The van der Waals surface area contributed by atoms with E-state index >= 15 is 0 Å². The largest absolute Gasteiger partial charge is 0.393 e. The van der Waals surface area contributed by atoms with Crippen molar-refractivity contribution in [2.45, 2.75) is 96.8 Å². The first-order valence-corrected chi connectivity index (χ1v) is 13.8. The Kier molecular flexibility index (Phi) is 7.65. The third-order valence-electron chi connectivity index (χ3n) is 8.02. The molecular formula is C28H41FO3S. The number of halogens is 1. The van der Waals surface area contributed by atoms with Crippen LogP contribution in [0.2, 0.25) is 0 Å². The Morgan fingerprint density at radius 1 is 1.33 bits per heavy atom. The van der Waals surface area contributed by atoms with Crippen molar-refractivity contribution >= 4 is 9.84 Å². The number of fused-ring (bicyclic) bond motifs is 1. The number of hydrogen-bond donors (Lipinski definition) is 1. The molecule has 3 nitrogen and oxygen atoms in total. The number of aliphatic hydroxyl groups is 1. The molecule has 5 heteroatoms. The first-order chi connectivity index (χ1) is 15.3. The van der Waals surface area contributed by atoms with Crippen molar-refractivity contribution in [2.75, 3.05) is 0 Å². The molecule has 0 bridgehead atoms. The first kappa shape index (κ1) is 26.2. The van der Waals surface area contributed by atoms with Gasteiger partial charge in [-0.2, -0.15) is 4.39 Å². The summed E-state index contributed by atoms with van der Waals surface area (Å²) in [6.07, 6.45) is 14.7. The van der Waals surface area contributed by atoms with Gasteiger partial charge in [-0.05, 0) is 101 Å². The van der Waals surface area contributed by atoms with Gasteiger partial charge in [0, 0.05) is 0 Å². The van der Waals surface area contributed by atoms with Crippen molar-refractivity contribution in [1.82, 2.24) is 0 Å². The van der Waals surface area contributed by atoms with E-state index in [4.69, 9.17) is 0 Å². The molecule has 0 spiro atoms. The standard InChI is InChI=1S/C28H41FO3S/c1-19-9-13-23(30)18-22(19)12-11-21-8-7-17-28(6)24(14-15-25(21)28)20(2)10-16-26(29)33(31,32)27(3,4)5/h11-12,14,16,20,23,25,30H,1,7-10,13,15,17-18H2,2-6H3/b21-11+,22-12-,26-16+/t20-,23+,25+,28-/m1/s1. The van der Waals surface area contributed by atoms with Gasteiger partial charge in [-0.1, -0.05) is 55.4 Å². The minimum absolute atomic E-state index is 0.0261. The first-order valence-electron chi connectivity index (χ1n) is 12.3. The molecule has 3 aliphatic rings. The van der Waals surface area contributed by atoms with Gasteiger partial charge in [0.1, 0.15) is 0 Å². The molecule has 2 fully saturated rings. The fourth-order valence-electron chi connectivity index (χ4n) is 5.81. The predicted octanol–water partition coefficient (Wildman–Crippen LogP) is 7.13. The molecule has 2 saturated carbocycles. The molecule has 0 saturated heterocycles. The smallest absolute Gasteiger partial charge is 0.211 e. The van der Waals surface area contributed by atoms with Gasteiger partial charge in [0.25, 0.3) is 0 Å². The van der Waals surface area contributed by atoms with Crippen LogP contribution in [0.4, 0.5) is 4.39 Å². The van der Waals surface area contributed by atoms with E-state index in [9.17, 15) is 17.9 Å². The maximum Gasteiger partial charge on any atom is 0.211 e. The summed E-state index contributed by atoms with van der Waals surface area (Å²) in [5.74, 6) is 0.515. The lowest BCUT2D eigenvalue weighted by Crippen LogP contribution is -2.32. The molecule has 0 radical (unpaired) electrons. The molecule has 33 heavy (non-hydrogen) atoms. The zero-order valence-electron chi connectivity index (χ0n) is 21.0. The average Bonchev–Trinajstić information content (AvgIpc) is 3.09. The van der Waals surface area contributed by atoms with Crippen LogP contribution in [0.25, 0.3) is 0 Å². The van der Waals surface area contributed by atoms with Crippen molar-refractivity contribution in [1.29, 1.82) is 0 Å². The number of sulfone groups is 1. The molecule has 4 atom stereocenters. The van der Waals surface area contributed by atoms with Gasteiger partial charge >= 0.3 is 0 Å². The van der Waals surface area contributed by atoms with Gasteiger partial charge in [-0.3, -0.25) is 0 Å². The van der Waals surface area contributed by atoms with E-state index < -0.39 is 19.7 Å². The lowest BCUT2D eigenvalue weighted by atomic mass is 9.62. The quantitative estimate of drug-likeness (QED) is 0.430. The highest BCUT2D eigenvalue weighted by molar-refractivity contribution is 7.96. The van der Waals surface area contributed by atoms with E-state index in [2.05, 4.69) is 38.7 Å². The van der Waals surface area contributed by atoms with Crippen LogP contribution in [0, 0.1) is 17.3 Å². The summed E-state index contributed by atoms with van der Waals surface area (Å²) >= 11 is 0. The maximum absolute atomic E-state index is 14.6. The van der Waals surface area contributed by atoms with Crippen LogP contribution in [-0.4, -0.2) is 24.4 Å². The fourth-order valence-corrected chi connectivity index (χ4v) is 6.71. The molecule has 0 aromatic heterocycles. The van der Waals surface area contributed by atoms with Crippen LogP contribution in [0.15, 0.2) is 58.3 Å². The summed E-state index contributed by atoms with van der Waals surface area (Å²) in [5.41, 5.74) is 5.10. The zero-order chi connectivity index (χ0) is 24.6. The Morgan fingerprint density at radius 3 is 2.70 bits per heavy atom. The Labute approximate surface area is 200 Å². The summed E-state index contributed by atoms with van der Waals surface area (Å²) in [6.45, 7) is 13.2. The summed E-state index contributed by atoms with van der Waals surface area (Å²) in [6, 6.07) is 0. The van der Waals surface area contributed by atoms with Gasteiger partial charge in [0.2, 0.25) is 15.0 Å². The van der Waals surface area contributed by atoms with Crippen LogP contribution in [0.5, 0.6) is 0 Å². The summed E-state index contributed by atoms with van der Waals surface area (Å²) in [5, 5.41) is 9.02. The van der Waals surface area contributed by atoms with Crippen molar-refractivity contribution in [2.24, 2.45) is 17.3 Å². The van der Waals surface area contributed by atoms with Gasteiger partial charge in [-0.15, -0.1) is 0 Å². The number of aliphatic hydroxyl groups excluding tert-OH is 1. The number of allylic oxidation sites excluding steroid dienone is 7. The van der Waals surface area contributed by atoms with Crippen molar-refractivity contribution in [3.63, 3.8) is 0 Å². The molecule has 3 aliphatic carbocycles. The lowest BCUT2D eigenvalue weighted by Gasteiger charge is -2.42. The number of hydrogen-bond acceptors (Lipinski definition) is 3. The van der Waals surface area contributed by atoms with Gasteiger partial charge in [0.05, 0.1) is 10.9 Å². The molecular weight excluding hydrogens is 435 g/mol. The molecule has 1 N–H and O–H groups in total. The monoisotopic (exact) mass is 476 g/mol. The molecule has 0 aliphatic heterocycles. The van der Waals surface area contributed by atoms with Crippen LogP contribution in [0.3, 0.4) is 0 Å². The Hall–Kier alpha value is -1.46. The second-order valence-corrected chi connectivity index (χ2v) is 14.0. The molecule has 0 unspecified atom stereocenters. The average molecular weight is 477 g/mol. The molecule has 0 amide bonds. The van der Waals surface area contributed by atoms with E-state index in [1.165, 1.54) is 38.0 Å². The Bertz CT molecular complexity index is 1010. The van der Waals surface area contributed by atoms with E-state index in [-0.39, 0.29) is 17.4 Å². The lowest BCUT2D eigenvalue weighted by molar-refractivity contribution is 0.158. The molecule has 184 valence electrons. The summed E-state index contributed by atoms with van der Waals surface area (Å²) < 4.78 is 38.2. The third kappa shape index (κ3) is 5.30. The minimum Gasteiger partial charge on any atom is -0.393 e. The molecule has 0 heterocycles. The van der Waals surface area contributed by atoms with Gasteiger partial charge < -0.3 is 5.11 Å². The van der Waals surface area contributed by atoms with Crippen LogP contribution >= 0.6 is 0 Å². The van der Waals surface area contributed by atoms with Crippen LogP contribution in [-0.2, 0) is 9.84 Å². The second-order valence-electron chi connectivity index (χ2n) is 11.4. The van der Waals surface area contributed by atoms with Gasteiger partial charge in [0.15, 0.2) is 0 Å². The Balaban J connectivity index is 1.76. The molecule has 0 aromatic rings. The van der Waals surface area contributed by atoms with Crippen molar-refractivity contribution in [3.8, 4) is 0 Å². The minimum atomic E-state index is -3.94. The van der Waals surface area contributed by atoms with Gasteiger partial charge in [-0.25, -0.2) is 8.42 Å². The van der Waals surface area contributed by atoms with Crippen molar-refractivity contribution in [3.05, 3.63) is 58.3 Å². The predicted molar refractivity (Wildman–Crippen MR) is 135 cm³/mol. The van der Waals surface area contributed by atoms with E-state index in [1.807, 2.05) is 0 Å². The number of rotatable bonds is 5. The van der Waals surface area contributed by atoms with Crippen LogP contribution < -0.4 is 0 Å². The molecule has 3 rings (SSSR count). The van der Waals surface area contributed by atoms with Crippen molar-refractivity contribution < 1.29 is 17.9 Å². The Morgan fingerprint density at radius 2 is 2.03 bits per heavy atom. The van der Waals surface area contributed by atoms with E-state index in [0.717, 1.165) is 49.7 Å². The topological polar surface area (TPSA) is 54.4 Å². The maximum atomic E-state index is 14.6. The highest BCUT2D eigenvalue weighted by Gasteiger charge is 2.46. The highest BCUT2D eigenvalue weighted by atomic mass is 32.2. The fraction of sp³-hybridized carbons (Fsp3) is 0.643. The normalized spacial score (nSPS) is 32.8. The SMILES string of the molecule is C=C1CC[C@H](O)C/C1=C/C=C1\CCC[C@]2(C)C([C@H](C)C/C=C(\F)S(=O)(=O)C(C)(C)C)=CC[C@@H]12. The summed E-state index contributed by atoms with van der Waals surface area (Å²) in [4.78, 5) is 0. The molecule has 0 aromatic carbocycles. The second kappa shape index (κ2) is 9.65. The summed E-state index contributed by atoms with van der Waals surface area (Å²) in [7, 11) is -3.94. The van der Waals surface area contributed by atoms with Crippen LogP contribution in [0.1, 0.15) is 86.0 Å². The zero-order valence-corrected chi connectivity index (χ0v) is 21.8. The van der Waals surface area contributed by atoms with E-state index in [1.54, 1.807) is 0 Å². The third-order valence-corrected chi connectivity index (χ3v) is 10.3. The highest BCUT2D eigenvalue weighted by Crippen LogP contribution is 2.57.